The number of hydrogen-bond donors (Lipinski definition) is 0. The second-order valence-electron chi connectivity index (χ2n) is 6.98. The molecule has 1 aromatic heterocycles. The quantitative estimate of drug-likeness (QED) is 0.775. The SMILES string of the molecule is Cc1cc(C(C)C)c2c(n1)[C@H](C)[C@H](C)OCC2C(C)C. The summed E-state index contributed by atoms with van der Waals surface area (Å²) in [7, 11) is 0. The minimum absolute atomic E-state index is 0.242. The smallest absolute Gasteiger partial charge is 0.0628 e. The first-order chi connectivity index (χ1) is 9.32. The predicted octanol–water partition coefficient (Wildman–Crippen LogP) is 4.78. The second-order valence-corrected chi connectivity index (χ2v) is 6.98. The minimum atomic E-state index is 0.242. The van der Waals surface area contributed by atoms with Crippen molar-refractivity contribution >= 4 is 0 Å². The lowest BCUT2D eigenvalue weighted by Gasteiger charge is -2.26. The number of aromatic nitrogens is 1. The molecule has 2 rings (SSSR count). The minimum Gasteiger partial charge on any atom is -0.377 e. The van der Waals surface area contributed by atoms with Crippen LogP contribution in [-0.2, 0) is 4.74 Å². The summed E-state index contributed by atoms with van der Waals surface area (Å²) in [6.45, 7) is 16.5. The highest BCUT2D eigenvalue weighted by Crippen LogP contribution is 2.40. The number of aryl methyl sites for hydroxylation is 1. The van der Waals surface area contributed by atoms with Crippen LogP contribution in [-0.4, -0.2) is 17.7 Å². The Labute approximate surface area is 124 Å². The summed E-state index contributed by atoms with van der Waals surface area (Å²) >= 11 is 0. The lowest BCUT2D eigenvalue weighted by molar-refractivity contribution is 0.0415. The van der Waals surface area contributed by atoms with E-state index in [1.165, 1.54) is 16.8 Å². The van der Waals surface area contributed by atoms with Crippen LogP contribution < -0.4 is 0 Å². The summed E-state index contributed by atoms with van der Waals surface area (Å²) < 4.78 is 6.11. The van der Waals surface area contributed by atoms with Crippen molar-refractivity contribution in [1.29, 1.82) is 0 Å². The van der Waals surface area contributed by atoms with E-state index in [1.807, 2.05) is 0 Å². The zero-order chi connectivity index (χ0) is 15.0. The Balaban J connectivity index is 2.68. The van der Waals surface area contributed by atoms with E-state index in [2.05, 4.69) is 54.5 Å². The van der Waals surface area contributed by atoms with E-state index in [0.29, 0.717) is 23.7 Å². The Kier molecular flexibility index (Phi) is 4.53. The van der Waals surface area contributed by atoms with Crippen LogP contribution in [0.3, 0.4) is 0 Å². The van der Waals surface area contributed by atoms with E-state index in [4.69, 9.17) is 9.72 Å². The Morgan fingerprint density at radius 2 is 1.85 bits per heavy atom. The third-order valence-electron chi connectivity index (χ3n) is 4.72. The van der Waals surface area contributed by atoms with E-state index < -0.39 is 0 Å². The zero-order valence-corrected chi connectivity index (χ0v) is 14.0. The Morgan fingerprint density at radius 3 is 2.40 bits per heavy atom. The number of ether oxygens (including phenoxy) is 1. The van der Waals surface area contributed by atoms with Crippen molar-refractivity contribution in [3.05, 3.63) is 28.6 Å². The van der Waals surface area contributed by atoms with Crippen molar-refractivity contribution in [3.8, 4) is 0 Å². The molecule has 0 amide bonds. The number of rotatable bonds is 2. The fraction of sp³-hybridized carbons (Fsp3) is 0.722. The van der Waals surface area contributed by atoms with Crippen LogP contribution in [0.4, 0.5) is 0 Å². The van der Waals surface area contributed by atoms with E-state index in [-0.39, 0.29) is 6.10 Å². The first-order valence-electron chi connectivity index (χ1n) is 7.95. The molecule has 0 saturated heterocycles. The summed E-state index contributed by atoms with van der Waals surface area (Å²) in [5.74, 6) is 1.94. The van der Waals surface area contributed by atoms with Crippen LogP contribution in [0.25, 0.3) is 0 Å². The van der Waals surface area contributed by atoms with E-state index in [0.717, 1.165) is 12.3 Å². The van der Waals surface area contributed by atoms with Crippen molar-refractivity contribution in [3.63, 3.8) is 0 Å². The van der Waals surface area contributed by atoms with Gasteiger partial charge in [-0.2, -0.15) is 0 Å². The maximum Gasteiger partial charge on any atom is 0.0628 e. The van der Waals surface area contributed by atoms with Gasteiger partial charge in [0.15, 0.2) is 0 Å². The predicted molar refractivity (Wildman–Crippen MR) is 84.5 cm³/mol. The van der Waals surface area contributed by atoms with Crippen molar-refractivity contribution in [2.45, 2.75) is 72.3 Å². The largest absolute Gasteiger partial charge is 0.377 e. The molecule has 2 heterocycles. The van der Waals surface area contributed by atoms with E-state index >= 15 is 0 Å². The highest BCUT2D eigenvalue weighted by molar-refractivity contribution is 5.40. The van der Waals surface area contributed by atoms with Gasteiger partial charge in [0.25, 0.3) is 0 Å². The Hall–Kier alpha value is -0.890. The van der Waals surface area contributed by atoms with Gasteiger partial charge in [0.05, 0.1) is 12.7 Å². The van der Waals surface area contributed by atoms with Gasteiger partial charge in [-0.1, -0.05) is 34.6 Å². The molecule has 0 spiro atoms. The van der Waals surface area contributed by atoms with Crippen molar-refractivity contribution in [1.82, 2.24) is 4.98 Å². The monoisotopic (exact) mass is 275 g/mol. The van der Waals surface area contributed by atoms with Crippen LogP contribution >= 0.6 is 0 Å². The average Bonchev–Trinajstić information content (AvgIpc) is 2.48. The van der Waals surface area contributed by atoms with Crippen LogP contribution in [0.5, 0.6) is 0 Å². The van der Waals surface area contributed by atoms with Crippen LogP contribution in [0.15, 0.2) is 6.07 Å². The summed E-state index contributed by atoms with van der Waals surface area (Å²) in [4.78, 5) is 4.90. The fourth-order valence-corrected chi connectivity index (χ4v) is 3.19. The molecular formula is C18H29NO. The van der Waals surface area contributed by atoms with Gasteiger partial charge < -0.3 is 4.74 Å². The molecule has 0 radical (unpaired) electrons. The van der Waals surface area contributed by atoms with Crippen molar-refractivity contribution in [2.24, 2.45) is 5.92 Å². The van der Waals surface area contributed by atoms with Gasteiger partial charge in [-0.25, -0.2) is 0 Å². The molecule has 1 aliphatic heterocycles. The third kappa shape index (κ3) is 2.76. The number of nitrogens with zero attached hydrogens (tertiary/aromatic N) is 1. The maximum atomic E-state index is 6.11. The molecule has 0 aromatic carbocycles. The van der Waals surface area contributed by atoms with Gasteiger partial charge in [0, 0.05) is 23.2 Å². The molecule has 0 aliphatic carbocycles. The highest BCUT2D eigenvalue weighted by Gasteiger charge is 2.32. The zero-order valence-electron chi connectivity index (χ0n) is 14.0. The molecule has 2 heteroatoms. The fourth-order valence-electron chi connectivity index (χ4n) is 3.19. The number of fused-ring (bicyclic) bond motifs is 1. The van der Waals surface area contributed by atoms with Crippen LogP contribution in [0, 0.1) is 12.8 Å². The second kappa shape index (κ2) is 5.85. The molecule has 1 unspecified atom stereocenters. The molecule has 2 nitrogen and oxygen atoms in total. The Morgan fingerprint density at radius 1 is 1.20 bits per heavy atom. The molecule has 112 valence electrons. The van der Waals surface area contributed by atoms with Crippen molar-refractivity contribution in [2.75, 3.05) is 6.61 Å². The molecule has 0 fully saturated rings. The Bertz CT molecular complexity index is 479. The number of hydrogen-bond acceptors (Lipinski definition) is 2. The van der Waals surface area contributed by atoms with E-state index in [9.17, 15) is 0 Å². The molecule has 1 aliphatic rings. The topological polar surface area (TPSA) is 22.1 Å². The maximum absolute atomic E-state index is 6.11. The number of pyridine rings is 1. The van der Waals surface area contributed by atoms with Crippen LogP contribution in [0.2, 0.25) is 0 Å². The van der Waals surface area contributed by atoms with Gasteiger partial charge >= 0.3 is 0 Å². The highest BCUT2D eigenvalue weighted by atomic mass is 16.5. The summed E-state index contributed by atoms with van der Waals surface area (Å²) in [6, 6.07) is 2.28. The van der Waals surface area contributed by atoms with Gasteiger partial charge in [-0.05, 0) is 42.9 Å². The molecule has 0 N–H and O–H groups in total. The lowest BCUT2D eigenvalue weighted by Crippen LogP contribution is -2.17. The average molecular weight is 275 g/mol. The molecule has 20 heavy (non-hydrogen) atoms. The molecule has 0 saturated carbocycles. The molecule has 1 aromatic rings. The molecule has 3 atom stereocenters. The van der Waals surface area contributed by atoms with Crippen LogP contribution in [0.1, 0.15) is 81.8 Å². The summed E-state index contributed by atoms with van der Waals surface area (Å²) in [5.41, 5.74) is 5.35. The first kappa shape index (κ1) is 15.5. The van der Waals surface area contributed by atoms with Crippen molar-refractivity contribution < 1.29 is 4.74 Å². The standard InChI is InChI=1S/C18H29NO/c1-10(2)15-8-12(5)19-18-13(6)14(7)20-9-16(11(3)4)17(15)18/h8,10-11,13-14,16H,9H2,1-7H3/t13-,14+,16?/m1/s1. The molecular weight excluding hydrogens is 246 g/mol. The normalized spacial score (nSPS) is 26.8. The molecule has 0 bridgehead atoms. The first-order valence-corrected chi connectivity index (χ1v) is 7.95. The van der Waals surface area contributed by atoms with Gasteiger partial charge in [0.1, 0.15) is 0 Å². The summed E-state index contributed by atoms with van der Waals surface area (Å²) in [5, 5.41) is 0. The van der Waals surface area contributed by atoms with Gasteiger partial charge in [-0.3, -0.25) is 4.98 Å². The van der Waals surface area contributed by atoms with Gasteiger partial charge in [-0.15, -0.1) is 0 Å². The van der Waals surface area contributed by atoms with E-state index in [1.54, 1.807) is 0 Å². The third-order valence-corrected chi connectivity index (χ3v) is 4.72. The summed E-state index contributed by atoms with van der Waals surface area (Å²) in [6.07, 6.45) is 0.242. The van der Waals surface area contributed by atoms with Gasteiger partial charge in [0.2, 0.25) is 0 Å². The lowest BCUT2D eigenvalue weighted by atomic mass is 9.80.